The Hall–Kier alpha value is -3.10. The molecule has 1 aliphatic heterocycles. The van der Waals surface area contributed by atoms with E-state index in [0.717, 1.165) is 0 Å². The van der Waals surface area contributed by atoms with Crippen LogP contribution in [0.5, 0.6) is 11.5 Å². The molecule has 0 aliphatic carbocycles. The minimum absolute atomic E-state index is 0.0400. The lowest BCUT2D eigenvalue weighted by Crippen LogP contribution is -2.50. The van der Waals surface area contributed by atoms with Crippen LogP contribution in [-0.2, 0) is 6.61 Å². The number of phenols is 1. The van der Waals surface area contributed by atoms with Gasteiger partial charge in [0.1, 0.15) is 28.8 Å². The van der Waals surface area contributed by atoms with Crippen molar-refractivity contribution in [3.05, 3.63) is 75.2 Å². The van der Waals surface area contributed by atoms with Gasteiger partial charge in [-0.3, -0.25) is 9.59 Å². The van der Waals surface area contributed by atoms with Gasteiger partial charge in [-0.15, -0.1) is 11.3 Å². The second-order valence-electron chi connectivity index (χ2n) is 6.97. The number of rotatable bonds is 5. The fourth-order valence-electron chi connectivity index (χ4n) is 3.25. The highest BCUT2D eigenvalue weighted by Crippen LogP contribution is 2.21. The molecule has 2 amide bonds. The number of carbonyl (C=O) groups excluding carboxylic acids is 2. The van der Waals surface area contributed by atoms with Crippen LogP contribution >= 0.6 is 22.9 Å². The smallest absolute Gasteiger partial charge is 0.273 e. The van der Waals surface area contributed by atoms with Crippen molar-refractivity contribution in [2.24, 2.45) is 0 Å². The maximum Gasteiger partial charge on any atom is 0.273 e. The van der Waals surface area contributed by atoms with Crippen molar-refractivity contribution in [2.75, 3.05) is 26.2 Å². The van der Waals surface area contributed by atoms with Crippen LogP contribution in [0.1, 0.15) is 25.9 Å². The van der Waals surface area contributed by atoms with E-state index in [-0.39, 0.29) is 29.7 Å². The zero-order chi connectivity index (χ0) is 21.8. The Balaban J connectivity index is 1.31. The van der Waals surface area contributed by atoms with Gasteiger partial charge in [0, 0.05) is 36.6 Å². The normalized spacial score (nSPS) is 13.8. The molecule has 3 aromatic rings. The Morgan fingerprint density at radius 1 is 1.00 bits per heavy atom. The van der Waals surface area contributed by atoms with E-state index < -0.39 is 0 Å². The van der Waals surface area contributed by atoms with Gasteiger partial charge in [0.15, 0.2) is 0 Å². The average Bonchev–Trinajstić information content (AvgIpc) is 3.27. The molecule has 0 radical (unpaired) electrons. The Labute approximate surface area is 188 Å². The Morgan fingerprint density at radius 3 is 2.32 bits per heavy atom. The van der Waals surface area contributed by atoms with E-state index >= 15 is 0 Å². The molecular formula is C22H20ClN3O4S. The van der Waals surface area contributed by atoms with Crippen molar-refractivity contribution in [3.63, 3.8) is 0 Å². The summed E-state index contributed by atoms with van der Waals surface area (Å²) in [5.41, 5.74) is 0.646. The quantitative estimate of drug-likeness (QED) is 0.632. The molecule has 9 heteroatoms. The lowest BCUT2D eigenvalue weighted by molar-refractivity contribution is 0.0531. The molecule has 160 valence electrons. The molecular weight excluding hydrogens is 438 g/mol. The second-order valence-corrected chi connectivity index (χ2v) is 8.35. The molecule has 7 nitrogen and oxygen atoms in total. The zero-order valence-electron chi connectivity index (χ0n) is 16.5. The van der Waals surface area contributed by atoms with E-state index in [1.54, 1.807) is 57.6 Å². The molecule has 2 aromatic carbocycles. The van der Waals surface area contributed by atoms with Gasteiger partial charge in [-0.05, 0) is 36.4 Å². The first-order chi connectivity index (χ1) is 15.0. The molecule has 1 saturated heterocycles. The lowest BCUT2D eigenvalue weighted by Gasteiger charge is -2.34. The van der Waals surface area contributed by atoms with Crippen molar-refractivity contribution >= 4 is 34.8 Å². The van der Waals surface area contributed by atoms with Gasteiger partial charge < -0.3 is 19.6 Å². The molecule has 1 fully saturated rings. The van der Waals surface area contributed by atoms with Crippen LogP contribution in [0, 0.1) is 0 Å². The third-order valence-corrected chi connectivity index (χ3v) is 6.01. The Morgan fingerprint density at radius 2 is 1.65 bits per heavy atom. The van der Waals surface area contributed by atoms with Crippen LogP contribution in [0.25, 0.3) is 0 Å². The predicted octanol–water partition coefficient (Wildman–Crippen LogP) is 3.68. The van der Waals surface area contributed by atoms with Crippen molar-refractivity contribution in [3.8, 4) is 11.5 Å². The first kappa shape index (κ1) is 21.1. The van der Waals surface area contributed by atoms with E-state index in [4.69, 9.17) is 16.3 Å². The molecule has 31 heavy (non-hydrogen) atoms. The summed E-state index contributed by atoms with van der Waals surface area (Å²) < 4.78 is 5.68. The number of hydrogen-bond acceptors (Lipinski definition) is 6. The van der Waals surface area contributed by atoms with Gasteiger partial charge in [-0.1, -0.05) is 23.7 Å². The number of thiazole rings is 1. The van der Waals surface area contributed by atoms with Crippen LogP contribution in [0.2, 0.25) is 5.02 Å². The number of carbonyl (C=O) groups is 2. The fourth-order valence-corrected chi connectivity index (χ4v) is 4.06. The van der Waals surface area contributed by atoms with Gasteiger partial charge >= 0.3 is 0 Å². The summed E-state index contributed by atoms with van der Waals surface area (Å²) in [5.74, 6) is 0.240. The summed E-state index contributed by atoms with van der Waals surface area (Å²) in [7, 11) is 0. The topological polar surface area (TPSA) is 83.0 Å². The minimum Gasteiger partial charge on any atom is -0.507 e. The summed E-state index contributed by atoms with van der Waals surface area (Å²) in [6.45, 7) is 1.88. The number of phenolic OH excluding ortho intramolecular Hbond substituents is 1. The van der Waals surface area contributed by atoms with E-state index in [0.29, 0.717) is 47.7 Å². The highest BCUT2D eigenvalue weighted by atomic mass is 35.5. The number of para-hydroxylation sites is 1. The molecule has 0 saturated carbocycles. The number of benzene rings is 2. The highest BCUT2D eigenvalue weighted by molar-refractivity contribution is 7.09. The summed E-state index contributed by atoms with van der Waals surface area (Å²) >= 11 is 7.23. The SMILES string of the molecule is O=C(c1csc(COc2ccc(Cl)cc2)n1)N1CCN(C(=O)c2ccccc2O)CC1. The standard InChI is InChI=1S/C22H20ClN3O4S/c23-15-5-7-16(8-6-15)30-13-20-24-18(14-31-20)22(29)26-11-9-25(10-12-26)21(28)17-3-1-2-4-19(17)27/h1-8,14,27H,9-13H2. The number of aromatic hydroxyl groups is 1. The van der Waals surface area contributed by atoms with Crippen LogP contribution in [0.3, 0.4) is 0 Å². The average molecular weight is 458 g/mol. The molecule has 1 aromatic heterocycles. The Bertz CT molecular complexity index is 1080. The monoisotopic (exact) mass is 457 g/mol. The lowest BCUT2D eigenvalue weighted by atomic mass is 10.1. The van der Waals surface area contributed by atoms with Gasteiger partial charge in [0.2, 0.25) is 0 Å². The highest BCUT2D eigenvalue weighted by Gasteiger charge is 2.27. The molecule has 4 rings (SSSR count). The summed E-state index contributed by atoms with van der Waals surface area (Å²) in [6, 6.07) is 13.5. The largest absolute Gasteiger partial charge is 0.507 e. The van der Waals surface area contributed by atoms with Gasteiger partial charge in [-0.2, -0.15) is 0 Å². The number of amides is 2. The number of ether oxygens (including phenoxy) is 1. The molecule has 2 heterocycles. The number of nitrogens with zero attached hydrogens (tertiary/aromatic N) is 3. The number of aromatic nitrogens is 1. The number of piperazine rings is 1. The predicted molar refractivity (Wildman–Crippen MR) is 118 cm³/mol. The van der Waals surface area contributed by atoms with Crippen molar-refractivity contribution in [1.82, 2.24) is 14.8 Å². The molecule has 0 bridgehead atoms. The van der Waals surface area contributed by atoms with Crippen molar-refractivity contribution < 1.29 is 19.4 Å². The third-order valence-electron chi connectivity index (χ3n) is 4.94. The van der Waals surface area contributed by atoms with E-state index in [1.807, 2.05) is 0 Å². The van der Waals surface area contributed by atoms with E-state index in [9.17, 15) is 14.7 Å². The maximum absolute atomic E-state index is 12.8. The summed E-state index contributed by atoms with van der Waals surface area (Å²) in [6.07, 6.45) is 0. The summed E-state index contributed by atoms with van der Waals surface area (Å²) in [4.78, 5) is 33.1. The van der Waals surface area contributed by atoms with Gasteiger partial charge in [-0.25, -0.2) is 4.98 Å². The fraction of sp³-hybridized carbons (Fsp3) is 0.227. The van der Waals surface area contributed by atoms with Crippen LogP contribution < -0.4 is 4.74 Å². The second kappa shape index (κ2) is 9.36. The van der Waals surface area contributed by atoms with Crippen molar-refractivity contribution in [1.29, 1.82) is 0 Å². The van der Waals surface area contributed by atoms with Gasteiger partial charge in [0.25, 0.3) is 11.8 Å². The molecule has 0 atom stereocenters. The Kier molecular flexibility index (Phi) is 6.39. The minimum atomic E-state index is -0.236. The van der Waals surface area contributed by atoms with Crippen LogP contribution in [-0.4, -0.2) is 57.9 Å². The maximum atomic E-state index is 12.8. The number of hydrogen-bond donors (Lipinski definition) is 1. The molecule has 1 aliphatic rings. The molecule has 0 spiro atoms. The van der Waals surface area contributed by atoms with E-state index in [2.05, 4.69) is 4.98 Å². The summed E-state index contributed by atoms with van der Waals surface area (Å²) in [5, 5.41) is 13.0. The third kappa shape index (κ3) is 4.98. The molecule has 0 unspecified atom stereocenters. The first-order valence-electron chi connectivity index (χ1n) is 9.70. The van der Waals surface area contributed by atoms with E-state index in [1.165, 1.54) is 17.4 Å². The first-order valence-corrected chi connectivity index (χ1v) is 11.0. The number of halogens is 1. The van der Waals surface area contributed by atoms with Crippen LogP contribution in [0.4, 0.5) is 0 Å². The zero-order valence-corrected chi connectivity index (χ0v) is 18.1. The van der Waals surface area contributed by atoms with Crippen molar-refractivity contribution in [2.45, 2.75) is 6.61 Å². The molecule has 1 N–H and O–H groups in total. The van der Waals surface area contributed by atoms with Crippen LogP contribution in [0.15, 0.2) is 53.9 Å². The van der Waals surface area contributed by atoms with Gasteiger partial charge in [0.05, 0.1) is 5.56 Å².